The number of benzene rings is 4. The third kappa shape index (κ3) is 8.58. The third-order valence-corrected chi connectivity index (χ3v) is 10.5. The van der Waals surface area contributed by atoms with Crippen molar-refractivity contribution in [1.29, 1.82) is 0 Å². The Balaban J connectivity index is 1.43. The summed E-state index contributed by atoms with van der Waals surface area (Å²) in [5.41, 5.74) is -3.97. The highest BCUT2D eigenvalue weighted by Crippen LogP contribution is 2.51. The van der Waals surface area contributed by atoms with E-state index in [1.165, 1.54) is 0 Å². The Bertz CT molecular complexity index is 2710. The second-order valence-electron chi connectivity index (χ2n) is 14.7. The van der Waals surface area contributed by atoms with Crippen molar-refractivity contribution in [3.8, 4) is 69.0 Å². The van der Waals surface area contributed by atoms with Gasteiger partial charge in [0.05, 0.1) is 22.3 Å². The first-order valence-corrected chi connectivity index (χ1v) is 19.1. The van der Waals surface area contributed by atoms with Crippen LogP contribution in [-0.4, -0.2) is 154 Å². The lowest BCUT2D eigenvalue weighted by Gasteiger charge is -2.44. The highest BCUT2D eigenvalue weighted by molar-refractivity contribution is 5.98. The van der Waals surface area contributed by atoms with E-state index < -0.39 is 194 Å². The molecule has 0 aliphatic carbocycles. The number of hydrogen-bond donors (Lipinski definition) is 12. The van der Waals surface area contributed by atoms with Crippen molar-refractivity contribution >= 4 is 42.3 Å². The number of ether oxygens (including phenoxy) is 8. The van der Waals surface area contributed by atoms with Gasteiger partial charge < -0.3 is 99.2 Å². The second kappa shape index (κ2) is 18.0. The molecule has 0 saturated carbocycles. The van der Waals surface area contributed by atoms with E-state index >= 15 is 0 Å². The molecule has 12 N–H and O–H groups in total. The van der Waals surface area contributed by atoms with Crippen LogP contribution >= 0.6 is 0 Å². The van der Waals surface area contributed by atoms with Gasteiger partial charge in [0.2, 0.25) is 18.1 Å². The van der Waals surface area contributed by atoms with Crippen LogP contribution in [0.2, 0.25) is 0 Å². The minimum absolute atomic E-state index is 0.198. The Morgan fingerprint density at radius 2 is 1.07 bits per heavy atom. The van der Waals surface area contributed by atoms with Gasteiger partial charge in [0.25, 0.3) is 6.47 Å². The summed E-state index contributed by atoms with van der Waals surface area (Å²) in [5.74, 6) is -27.2. The first-order chi connectivity index (χ1) is 32.1. The van der Waals surface area contributed by atoms with Crippen LogP contribution in [0, 0.1) is 5.92 Å². The average Bonchev–Trinajstić information content (AvgIpc) is 3.29. The highest BCUT2D eigenvalue weighted by Gasteiger charge is 2.57. The number of aromatic hydroxyl groups is 11. The Morgan fingerprint density at radius 1 is 0.588 bits per heavy atom. The van der Waals surface area contributed by atoms with E-state index in [4.69, 9.17) is 37.9 Å². The van der Waals surface area contributed by atoms with Crippen LogP contribution in [-0.2, 0) is 47.5 Å². The van der Waals surface area contributed by atoms with Gasteiger partial charge in [-0.15, -0.1) is 0 Å². The van der Waals surface area contributed by atoms with Crippen molar-refractivity contribution < 1.29 is 133 Å². The number of aliphatic hydroxyl groups excluding tert-OH is 1. The Hall–Kier alpha value is -9.11. The molecule has 3 heterocycles. The molecule has 4 aromatic carbocycles. The molecular formula is C41H32O27. The van der Waals surface area contributed by atoms with Crippen LogP contribution in [0.25, 0.3) is 0 Å². The maximum absolute atomic E-state index is 14.6. The summed E-state index contributed by atoms with van der Waals surface area (Å²) in [7, 11) is 0. The molecule has 4 aromatic rings. The number of carbonyl (C=O) groups is 7. The van der Waals surface area contributed by atoms with Crippen LogP contribution in [0.3, 0.4) is 0 Å². The normalized spacial score (nSPS) is 23.0. The molecule has 68 heavy (non-hydrogen) atoms. The van der Waals surface area contributed by atoms with E-state index in [-0.39, 0.29) is 6.47 Å². The maximum Gasteiger partial charge on any atom is 0.341 e. The van der Waals surface area contributed by atoms with Gasteiger partial charge in [0, 0.05) is 11.5 Å². The molecule has 27 nitrogen and oxygen atoms in total. The molecule has 0 spiro atoms. The van der Waals surface area contributed by atoms with E-state index in [1.54, 1.807) is 0 Å². The molecule has 358 valence electrons. The second-order valence-corrected chi connectivity index (χ2v) is 14.7. The summed E-state index contributed by atoms with van der Waals surface area (Å²) in [6, 6.07) is 3.98. The molecule has 1 saturated heterocycles. The van der Waals surface area contributed by atoms with Crippen LogP contribution in [0.15, 0.2) is 42.5 Å². The van der Waals surface area contributed by atoms with E-state index in [1.807, 2.05) is 0 Å². The van der Waals surface area contributed by atoms with Crippen molar-refractivity contribution in [2.45, 2.75) is 42.7 Å². The van der Waals surface area contributed by atoms with E-state index in [0.717, 1.165) is 0 Å². The van der Waals surface area contributed by atoms with Crippen LogP contribution in [0.1, 0.15) is 52.9 Å². The van der Waals surface area contributed by atoms with Gasteiger partial charge in [0.1, 0.15) is 25.2 Å². The fraction of sp³-hybridized carbons (Fsp3) is 0.244. The maximum atomic E-state index is 14.6. The molecule has 8 atom stereocenters. The molecule has 0 amide bonds. The lowest BCUT2D eigenvalue weighted by atomic mass is 9.77. The first-order valence-electron chi connectivity index (χ1n) is 19.1. The van der Waals surface area contributed by atoms with E-state index in [0.29, 0.717) is 42.5 Å². The minimum atomic E-state index is -2.54. The van der Waals surface area contributed by atoms with Gasteiger partial charge in [-0.3, -0.25) is 9.59 Å². The standard InChI is InChI=1S/C41H32O27/c42-10-61-8-15-24-25-14(7-22(49)29(53)32(25)65-40(60)30(24)54)38(58)67-34-33(66-36(56)12-3-18(45)27(51)19(46)4-12)31(64-39(15)59)23(9-62-35(55)11-1-16(43)26(50)17(44)2-11)63-41(34)68-37(57)13-5-20(47)28(52)21(48)6-13/h1-7,10,15,23-24,30-31,33-34,41,43-54H,8-9H2. The number of carbonyl (C=O) groups excluding carboxylic acids is 7. The molecule has 8 unspecified atom stereocenters. The summed E-state index contributed by atoms with van der Waals surface area (Å²) < 4.78 is 43.6. The fourth-order valence-electron chi connectivity index (χ4n) is 7.29. The third-order valence-electron chi connectivity index (χ3n) is 10.5. The highest BCUT2D eigenvalue weighted by atomic mass is 16.7. The molecule has 2 bridgehead atoms. The molecule has 3 aliphatic rings. The molecular weight excluding hydrogens is 924 g/mol. The van der Waals surface area contributed by atoms with Crippen molar-refractivity contribution in [1.82, 2.24) is 0 Å². The zero-order valence-electron chi connectivity index (χ0n) is 33.6. The zero-order valence-corrected chi connectivity index (χ0v) is 33.6. The molecule has 1 fully saturated rings. The van der Waals surface area contributed by atoms with Gasteiger partial charge >= 0.3 is 35.8 Å². The van der Waals surface area contributed by atoms with Crippen molar-refractivity contribution in [3.05, 3.63) is 70.3 Å². The topological polar surface area (TPSA) is 436 Å². The van der Waals surface area contributed by atoms with E-state index in [2.05, 4.69) is 0 Å². The minimum Gasteiger partial charge on any atom is -0.504 e. The summed E-state index contributed by atoms with van der Waals surface area (Å²) >= 11 is 0. The van der Waals surface area contributed by atoms with Crippen LogP contribution in [0.4, 0.5) is 0 Å². The lowest BCUT2D eigenvalue weighted by molar-refractivity contribution is -0.287. The van der Waals surface area contributed by atoms with Gasteiger partial charge in [-0.05, 0) is 42.5 Å². The molecule has 0 aromatic heterocycles. The van der Waals surface area contributed by atoms with Crippen molar-refractivity contribution in [2.24, 2.45) is 5.92 Å². The number of fused-ring (bicyclic) bond motifs is 2. The Morgan fingerprint density at radius 3 is 1.59 bits per heavy atom. The summed E-state index contributed by atoms with van der Waals surface area (Å²) in [5, 5.41) is 123. The monoisotopic (exact) mass is 956 g/mol. The number of hydrogen-bond acceptors (Lipinski definition) is 27. The molecule has 27 heteroatoms. The summed E-state index contributed by atoms with van der Waals surface area (Å²) in [4.78, 5) is 94.7. The Kier molecular flexibility index (Phi) is 12.4. The van der Waals surface area contributed by atoms with Gasteiger partial charge in [-0.1, -0.05) is 0 Å². The number of rotatable bonds is 10. The smallest absolute Gasteiger partial charge is 0.341 e. The number of esters is 6. The zero-order chi connectivity index (χ0) is 49.6. The van der Waals surface area contributed by atoms with Gasteiger partial charge in [-0.2, -0.15) is 0 Å². The number of phenols is 11. The number of phenolic OH excluding ortho intramolecular Hbond substituents is 11. The van der Waals surface area contributed by atoms with Crippen LogP contribution in [0.5, 0.6) is 69.0 Å². The SMILES string of the molecule is O=COCC1C(=O)OC2C(COC(=O)c3cc(O)c(O)c(O)c3)OC(OC(=O)c3cc(O)c(O)c(O)c3)C(OC(=O)c3cc(O)c(O)c4c3C1C(O)C(=O)O4)C2OC(=O)c1cc(O)c(O)c(O)c1. The summed E-state index contributed by atoms with van der Waals surface area (Å²) in [6.45, 7) is -2.58. The molecule has 3 aliphatic heterocycles. The van der Waals surface area contributed by atoms with Gasteiger partial charge in [0.15, 0.2) is 81.6 Å². The quantitative estimate of drug-likeness (QED) is 0.0320. The molecule has 0 radical (unpaired) electrons. The van der Waals surface area contributed by atoms with E-state index in [9.17, 15) is 94.8 Å². The van der Waals surface area contributed by atoms with Gasteiger partial charge in [-0.25, -0.2) is 24.0 Å². The lowest BCUT2D eigenvalue weighted by Crippen LogP contribution is -2.63. The van der Waals surface area contributed by atoms with Crippen molar-refractivity contribution in [3.63, 3.8) is 0 Å². The summed E-state index contributed by atoms with van der Waals surface area (Å²) in [6.07, 6.45) is -14.6. The van der Waals surface area contributed by atoms with Crippen LogP contribution < -0.4 is 4.74 Å². The number of aliphatic hydroxyl groups is 1. The predicted molar refractivity (Wildman–Crippen MR) is 207 cm³/mol. The van der Waals surface area contributed by atoms with Crippen molar-refractivity contribution in [2.75, 3.05) is 13.2 Å². The molecule has 7 rings (SSSR count). The predicted octanol–water partition coefficient (Wildman–Crippen LogP) is -0.284. The Labute approximate surface area is 375 Å². The fourth-order valence-corrected chi connectivity index (χ4v) is 7.29. The average molecular weight is 957 g/mol. The largest absolute Gasteiger partial charge is 0.504 e. The first kappa shape index (κ1) is 46.9.